The van der Waals surface area contributed by atoms with Crippen LogP contribution in [0.3, 0.4) is 0 Å². The summed E-state index contributed by atoms with van der Waals surface area (Å²) in [5.74, 6) is -0.810. The summed E-state index contributed by atoms with van der Waals surface area (Å²) in [5, 5.41) is 30.0. The van der Waals surface area contributed by atoms with E-state index in [-0.39, 0.29) is 16.3 Å². The van der Waals surface area contributed by atoms with Crippen molar-refractivity contribution in [2.24, 2.45) is 0 Å². The molecule has 0 amide bonds. The molecule has 4 nitrogen and oxygen atoms in total. The Morgan fingerprint density at radius 1 is 1.00 bits per heavy atom. The Morgan fingerprint density at radius 3 is 2.16 bits per heavy atom. The van der Waals surface area contributed by atoms with Gasteiger partial charge in [-0.3, -0.25) is 0 Å². The van der Waals surface area contributed by atoms with Crippen molar-refractivity contribution in [3.05, 3.63) is 51.5 Å². The number of hydrogen-bond acceptors (Lipinski definition) is 4. The SMILES string of the molecule is Nc1c(O)c(Cl)cc(C(O)c2ccc(Cl)cc2)c1O. The number of aliphatic hydroxyl groups is 1. The van der Waals surface area contributed by atoms with Gasteiger partial charge in [0.05, 0.1) is 5.02 Å². The van der Waals surface area contributed by atoms with E-state index in [9.17, 15) is 15.3 Å². The Balaban J connectivity index is 2.50. The van der Waals surface area contributed by atoms with Crippen LogP contribution in [0.15, 0.2) is 30.3 Å². The number of rotatable bonds is 2. The van der Waals surface area contributed by atoms with Gasteiger partial charge in [-0.05, 0) is 23.8 Å². The van der Waals surface area contributed by atoms with E-state index in [1.807, 2.05) is 0 Å². The maximum Gasteiger partial charge on any atom is 0.161 e. The molecule has 0 aliphatic carbocycles. The number of nitrogen functional groups attached to an aromatic ring is 1. The van der Waals surface area contributed by atoms with Crippen LogP contribution in [0.2, 0.25) is 10.0 Å². The largest absolute Gasteiger partial charge is 0.505 e. The molecular weight excluding hydrogens is 289 g/mol. The fourth-order valence-corrected chi connectivity index (χ4v) is 2.05. The number of halogens is 2. The molecule has 19 heavy (non-hydrogen) atoms. The van der Waals surface area contributed by atoms with Gasteiger partial charge in [-0.15, -0.1) is 0 Å². The van der Waals surface area contributed by atoms with Crippen molar-refractivity contribution in [2.45, 2.75) is 6.10 Å². The van der Waals surface area contributed by atoms with E-state index in [2.05, 4.69) is 0 Å². The molecule has 0 aliphatic heterocycles. The van der Waals surface area contributed by atoms with E-state index >= 15 is 0 Å². The van der Waals surface area contributed by atoms with Crippen molar-refractivity contribution in [1.82, 2.24) is 0 Å². The van der Waals surface area contributed by atoms with Crippen molar-refractivity contribution in [3.8, 4) is 11.5 Å². The molecule has 0 saturated carbocycles. The average Bonchev–Trinajstić information content (AvgIpc) is 2.40. The van der Waals surface area contributed by atoms with Gasteiger partial charge in [0.2, 0.25) is 0 Å². The zero-order valence-electron chi connectivity index (χ0n) is 9.64. The van der Waals surface area contributed by atoms with Crippen LogP contribution in [-0.2, 0) is 0 Å². The highest BCUT2D eigenvalue weighted by Crippen LogP contribution is 2.43. The van der Waals surface area contributed by atoms with Crippen LogP contribution in [0.1, 0.15) is 17.2 Å². The van der Waals surface area contributed by atoms with Crippen LogP contribution in [0.25, 0.3) is 0 Å². The van der Waals surface area contributed by atoms with Gasteiger partial charge in [0.25, 0.3) is 0 Å². The molecule has 0 aliphatic rings. The predicted octanol–water partition coefficient (Wildman–Crippen LogP) is 3.07. The molecule has 0 fully saturated rings. The third kappa shape index (κ3) is 2.56. The normalized spacial score (nSPS) is 12.4. The first kappa shape index (κ1) is 13.8. The summed E-state index contributed by atoms with van der Waals surface area (Å²) in [7, 11) is 0. The Labute approximate surface area is 119 Å². The summed E-state index contributed by atoms with van der Waals surface area (Å²) >= 11 is 11.5. The van der Waals surface area contributed by atoms with Crippen LogP contribution in [-0.4, -0.2) is 15.3 Å². The molecule has 2 rings (SSSR count). The highest BCUT2D eigenvalue weighted by Gasteiger charge is 2.20. The molecule has 2 aromatic carbocycles. The first-order chi connectivity index (χ1) is 8.91. The standard InChI is InChI=1S/C13H11Cl2NO3/c14-7-3-1-6(2-4-7)11(17)8-5-9(15)13(19)10(16)12(8)18/h1-5,11,17-19H,16H2. The fraction of sp³-hybridized carbons (Fsp3) is 0.0769. The quantitative estimate of drug-likeness (QED) is 0.507. The Kier molecular flexibility index (Phi) is 3.75. The van der Waals surface area contributed by atoms with Gasteiger partial charge in [-0.1, -0.05) is 35.3 Å². The number of phenols is 2. The van der Waals surface area contributed by atoms with Crippen molar-refractivity contribution in [1.29, 1.82) is 0 Å². The lowest BCUT2D eigenvalue weighted by Crippen LogP contribution is -2.02. The number of aromatic hydroxyl groups is 2. The van der Waals surface area contributed by atoms with Crippen LogP contribution in [0.5, 0.6) is 11.5 Å². The monoisotopic (exact) mass is 299 g/mol. The van der Waals surface area contributed by atoms with Crippen LogP contribution in [0.4, 0.5) is 5.69 Å². The van der Waals surface area contributed by atoms with Gasteiger partial charge in [0.1, 0.15) is 17.5 Å². The zero-order chi connectivity index (χ0) is 14.2. The number of benzene rings is 2. The van der Waals surface area contributed by atoms with Crippen molar-refractivity contribution >= 4 is 28.9 Å². The molecular formula is C13H11Cl2NO3. The van der Waals surface area contributed by atoms with E-state index in [1.54, 1.807) is 24.3 Å². The molecule has 1 atom stereocenters. The lowest BCUT2D eigenvalue weighted by Gasteiger charge is -2.16. The summed E-state index contributed by atoms with van der Waals surface area (Å²) in [5.41, 5.74) is 5.87. The topological polar surface area (TPSA) is 86.7 Å². The Bertz CT molecular complexity index is 614. The summed E-state index contributed by atoms with van der Waals surface area (Å²) in [6.45, 7) is 0. The summed E-state index contributed by atoms with van der Waals surface area (Å²) in [6.07, 6.45) is -1.13. The molecule has 5 N–H and O–H groups in total. The number of nitrogens with two attached hydrogens (primary N) is 1. The highest BCUT2D eigenvalue weighted by atomic mass is 35.5. The van der Waals surface area contributed by atoms with E-state index in [0.29, 0.717) is 10.6 Å². The van der Waals surface area contributed by atoms with Crippen LogP contribution < -0.4 is 5.73 Å². The smallest absolute Gasteiger partial charge is 0.161 e. The maximum atomic E-state index is 10.2. The van der Waals surface area contributed by atoms with Crippen LogP contribution in [0, 0.1) is 0 Å². The third-order valence-corrected chi connectivity index (χ3v) is 3.31. The highest BCUT2D eigenvalue weighted by molar-refractivity contribution is 6.32. The van der Waals surface area contributed by atoms with Gasteiger partial charge < -0.3 is 21.1 Å². The molecule has 0 heterocycles. The second-order valence-corrected chi connectivity index (χ2v) is 4.86. The Hall–Kier alpha value is -1.62. The van der Waals surface area contributed by atoms with Crippen LogP contribution >= 0.6 is 23.2 Å². The lowest BCUT2D eigenvalue weighted by atomic mass is 9.99. The molecule has 0 radical (unpaired) electrons. The molecule has 1 unspecified atom stereocenters. The van der Waals surface area contributed by atoms with Crippen molar-refractivity contribution < 1.29 is 15.3 Å². The Morgan fingerprint density at radius 2 is 1.58 bits per heavy atom. The number of hydrogen-bond donors (Lipinski definition) is 4. The maximum absolute atomic E-state index is 10.2. The van der Waals surface area contributed by atoms with Crippen molar-refractivity contribution in [2.75, 3.05) is 5.73 Å². The molecule has 6 heteroatoms. The van der Waals surface area contributed by atoms with Gasteiger partial charge in [0.15, 0.2) is 5.75 Å². The number of phenolic OH excluding ortho intramolecular Hbond substituents is 2. The summed E-state index contributed by atoms with van der Waals surface area (Å²) < 4.78 is 0. The average molecular weight is 300 g/mol. The minimum Gasteiger partial charge on any atom is -0.505 e. The molecule has 100 valence electrons. The molecule has 0 saturated heterocycles. The first-order valence-corrected chi connectivity index (χ1v) is 6.10. The molecule has 0 bridgehead atoms. The van der Waals surface area contributed by atoms with Gasteiger partial charge >= 0.3 is 0 Å². The summed E-state index contributed by atoms with van der Waals surface area (Å²) in [4.78, 5) is 0. The zero-order valence-corrected chi connectivity index (χ0v) is 11.2. The summed E-state index contributed by atoms with van der Waals surface area (Å²) in [6, 6.07) is 7.72. The minimum atomic E-state index is -1.13. The third-order valence-electron chi connectivity index (χ3n) is 2.77. The van der Waals surface area contributed by atoms with E-state index in [0.717, 1.165) is 0 Å². The molecule has 2 aromatic rings. The van der Waals surface area contributed by atoms with E-state index in [1.165, 1.54) is 6.07 Å². The second kappa shape index (κ2) is 5.17. The van der Waals surface area contributed by atoms with Gasteiger partial charge in [0, 0.05) is 10.6 Å². The van der Waals surface area contributed by atoms with E-state index in [4.69, 9.17) is 28.9 Å². The first-order valence-electron chi connectivity index (χ1n) is 5.35. The van der Waals surface area contributed by atoms with Gasteiger partial charge in [-0.25, -0.2) is 0 Å². The second-order valence-electron chi connectivity index (χ2n) is 4.01. The number of aliphatic hydroxyl groups excluding tert-OH is 1. The number of anilines is 1. The van der Waals surface area contributed by atoms with E-state index < -0.39 is 17.6 Å². The van der Waals surface area contributed by atoms with Gasteiger partial charge in [-0.2, -0.15) is 0 Å². The molecule has 0 spiro atoms. The fourth-order valence-electron chi connectivity index (χ4n) is 1.70. The molecule has 0 aromatic heterocycles. The lowest BCUT2D eigenvalue weighted by molar-refractivity contribution is 0.215. The predicted molar refractivity (Wildman–Crippen MR) is 74.7 cm³/mol. The minimum absolute atomic E-state index is 0.0432. The van der Waals surface area contributed by atoms with Crippen molar-refractivity contribution in [3.63, 3.8) is 0 Å².